The molecule has 5 N–H and O–H groups in total. The fourth-order valence-electron chi connectivity index (χ4n) is 11.5. The highest BCUT2D eigenvalue weighted by Gasteiger charge is 2.28. The Kier molecular flexibility index (Phi) is 64.1. The van der Waals surface area contributed by atoms with Crippen molar-refractivity contribution < 1.29 is 25.2 Å². The van der Waals surface area contributed by atoms with Gasteiger partial charge >= 0.3 is 0 Å². The van der Waals surface area contributed by atoms with E-state index in [-0.39, 0.29) is 0 Å². The van der Waals surface area contributed by atoms with Crippen LogP contribution in [0, 0.1) is 0 Å². The molecule has 0 aromatic carbocycles. The van der Waals surface area contributed by atoms with E-state index in [1.54, 1.807) is 0 Å². The van der Waals surface area contributed by atoms with E-state index in [4.69, 9.17) is 0 Å². The molecule has 0 aromatic heterocycles. The van der Waals surface area contributed by atoms with E-state index in [9.17, 15) is 25.2 Å². The van der Waals surface area contributed by atoms with Gasteiger partial charge < -0.3 is 25.7 Å². The number of nitrogens with one attached hydrogen (secondary N) is 1. The Hall–Kier alpha value is -0.950. The Labute approximate surface area is 476 Å². The number of allylic oxidation sites excluding steroid dienone is 2. The molecule has 0 saturated carbocycles. The lowest BCUT2D eigenvalue weighted by molar-refractivity contribution is -0.132. The number of aliphatic hydroxyl groups is 4. The Morgan fingerprint density at radius 3 is 0.763 bits per heavy atom. The van der Waals surface area contributed by atoms with Crippen LogP contribution in [-0.4, -0.2) is 57.3 Å². The molecule has 0 aromatic rings. The first-order valence-corrected chi connectivity index (χ1v) is 35.1. The van der Waals surface area contributed by atoms with E-state index in [2.05, 4.69) is 31.3 Å². The monoisotopic (exact) mass is 1070 g/mol. The summed E-state index contributed by atoms with van der Waals surface area (Å²) in [5.41, 5.74) is 0. The first-order valence-electron chi connectivity index (χ1n) is 35.1. The van der Waals surface area contributed by atoms with Crippen LogP contribution < -0.4 is 5.32 Å². The number of hydrogen-bond acceptors (Lipinski definition) is 5. The normalized spacial score (nSPS) is 13.5. The molecule has 1 amide bonds. The second kappa shape index (κ2) is 64.9. The third-order valence-electron chi connectivity index (χ3n) is 17.0. The summed E-state index contributed by atoms with van der Waals surface area (Å²) in [6.07, 6.45) is 80.5. The fraction of sp³-hybridized carbons (Fsp3) is 0.957. The highest BCUT2D eigenvalue weighted by Crippen LogP contribution is 2.20. The van der Waals surface area contributed by atoms with Crippen molar-refractivity contribution in [1.82, 2.24) is 5.32 Å². The van der Waals surface area contributed by atoms with E-state index < -0.39 is 36.9 Å². The van der Waals surface area contributed by atoms with Crippen molar-refractivity contribution in [2.45, 2.75) is 423 Å². The molecule has 0 fully saturated rings. The Morgan fingerprint density at radius 1 is 0.316 bits per heavy atom. The molecule has 4 atom stereocenters. The molecule has 0 rings (SSSR count). The summed E-state index contributed by atoms with van der Waals surface area (Å²) in [5, 5.41) is 44.2. The molecule has 76 heavy (non-hydrogen) atoms. The molecule has 6 nitrogen and oxygen atoms in total. The summed E-state index contributed by atoms with van der Waals surface area (Å²) < 4.78 is 0. The van der Waals surface area contributed by atoms with Crippen molar-refractivity contribution in [3.05, 3.63) is 12.2 Å². The fourth-order valence-corrected chi connectivity index (χ4v) is 11.5. The zero-order valence-electron chi connectivity index (χ0n) is 51.8. The highest BCUT2D eigenvalue weighted by atomic mass is 16.3. The molecule has 0 heterocycles. The first kappa shape index (κ1) is 75.0. The molecule has 0 radical (unpaired) electrons. The third-order valence-corrected chi connectivity index (χ3v) is 17.0. The van der Waals surface area contributed by atoms with Gasteiger partial charge in [0.1, 0.15) is 12.2 Å². The third kappa shape index (κ3) is 57.7. The van der Waals surface area contributed by atoms with E-state index in [0.29, 0.717) is 12.8 Å². The van der Waals surface area contributed by atoms with Gasteiger partial charge in [-0.1, -0.05) is 373 Å². The second-order valence-corrected chi connectivity index (χ2v) is 24.6. The van der Waals surface area contributed by atoms with Gasteiger partial charge in [-0.05, 0) is 38.5 Å². The minimum Gasteiger partial charge on any atom is -0.394 e. The first-order chi connectivity index (χ1) is 37.5. The number of carbonyl (C=O) groups is 1. The quantitative estimate of drug-likeness (QED) is 0.0308. The van der Waals surface area contributed by atoms with E-state index in [1.807, 2.05) is 0 Å². The summed E-state index contributed by atoms with van der Waals surface area (Å²) >= 11 is 0. The summed E-state index contributed by atoms with van der Waals surface area (Å²) in [4.78, 5) is 12.7. The Morgan fingerprint density at radius 2 is 0.526 bits per heavy atom. The van der Waals surface area contributed by atoms with Crippen molar-refractivity contribution in [1.29, 1.82) is 0 Å². The minimum atomic E-state index is -1.26. The molecule has 0 saturated heterocycles. The number of amides is 1. The Balaban J connectivity index is 3.51. The zero-order chi connectivity index (χ0) is 55.1. The largest absolute Gasteiger partial charge is 0.394 e. The van der Waals surface area contributed by atoms with Crippen LogP contribution in [0.2, 0.25) is 0 Å². The molecule has 0 spiro atoms. The lowest BCUT2D eigenvalue weighted by Gasteiger charge is -2.27. The van der Waals surface area contributed by atoms with Crippen LogP contribution in [0.5, 0.6) is 0 Å². The topological polar surface area (TPSA) is 110 Å². The average Bonchev–Trinajstić information content (AvgIpc) is 3.42. The summed E-state index contributed by atoms with van der Waals surface area (Å²) in [6, 6.07) is -0.984. The predicted molar refractivity (Wildman–Crippen MR) is 335 cm³/mol. The summed E-state index contributed by atoms with van der Waals surface area (Å²) in [7, 11) is 0. The van der Waals surface area contributed by atoms with Crippen molar-refractivity contribution in [2.75, 3.05) is 6.61 Å². The maximum Gasteiger partial charge on any atom is 0.249 e. The maximum atomic E-state index is 12.7. The van der Waals surface area contributed by atoms with Crippen LogP contribution in [0.1, 0.15) is 399 Å². The average molecular weight is 1070 g/mol. The zero-order valence-corrected chi connectivity index (χ0v) is 51.8. The number of carbonyl (C=O) groups excluding carboxylic acids is 1. The second-order valence-electron chi connectivity index (χ2n) is 24.6. The van der Waals surface area contributed by atoms with Crippen molar-refractivity contribution in [3.8, 4) is 0 Å². The lowest BCUT2D eigenvalue weighted by Crippen LogP contribution is -2.53. The van der Waals surface area contributed by atoms with E-state index >= 15 is 0 Å². The lowest BCUT2D eigenvalue weighted by atomic mass is 9.99. The van der Waals surface area contributed by atoms with Gasteiger partial charge in [0.05, 0.1) is 18.8 Å². The highest BCUT2D eigenvalue weighted by molar-refractivity contribution is 5.80. The number of unbranched alkanes of at least 4 members (excludes halogenated alkanes) is 55. The molecule has 0 bridgehead atoms. The SMILES string of the molecule is CCCCCCCCCCCCCCCCCC/C=C\CCCCCCCCCCCCCCCCCCC(O)C(=O)NC(CO)C(O)C(O)CCCCCCCCCCCCCCCCCCCCCCCCCC. The molecule has 4 unspecified atom stereocenters. The van der Waals surface area contributed by atoms with Crippen LogP contribution in [0.25, 0.3) is 0 Å². The van der Waals surface area contributed by atoms with Crippen LogP contribution in [0.4, 0.5) is 0 Å². The number of hydrogen-bond donors (Lipinski definition) is 5. The Bertz CT molecular complexity index is 1120. The van der Waals surface area contributed by atoms with Gasteiger partial charge in [0.25, 0.3) is 0 Å². The molecule has 6 heteroatoms. The summed E-state index contributed by atoms with van der Waals surface area (Å²) in [6.45, 7) is 4.12. The smallest absolute Gasteiger partial charge is 0.249 e. The molecule has 0 aliphatic rings. The molecule has 454 valence electrons. The maximum absolute atomic E-state index is 12.7. The van der Waals surface area contributed by atoms with E-state index in [0.717, 1.165) is 38.5 Å². The van der Waals surface area contributed by atoms with Gasteiger partial charge in [-0.15, -0.1) is 0 Å². The summed E-state index contributed by atoms with van der Waals surface area (Å²) in [5.74, 6) is -0.575. The van der Waals surface area contributed by atoms with Gasteiger partial charge in [-0.25, -0.2) is 0 Å². The molecule has 0 aliphatic heterocycles. The van der Waals surface area contributed by atoms with Crippen LogP contribution in [-0.2, 0) is 4.79 Å². The number of aliphatic hydroxyl groups excluding tert-OH is 4. The van der Waals surface area contributed by atoms with E-state index in [1.165, 1.54) is 334 Å². The van der Waals surface area contributed by atoms with Crippen LogP contribution >= 0.6 is 0 Å². The van der Waals surface area contributed by atoms with Crippen LogP contribution in [0.15, 0.2) is 12.2 Å². The minimum absolute atomic E-state index is 0.374. The van der Waals surface area contributed by atoms with Gasteiger partial charge in [0, 0.05) is 0 Å². The van der Waals surface area contributed by atoms with Gasteiger partial charge in [0.15, 0.2) is 0 Å². The van der Waals surface area contributed by atoms with Gasteiger partial charge in [0.2, 0.25) is 5.91 Å². The molecule has 0 aliphatic carbocycles. The van der Waals surface area contributed by atoms with Crippen molar-refractivity contribution in [2.24, 2.45) is 0 Å². The van der Waals surface area contributed by atoms with Crippen LogP contribution in [0.3, 0.4) is 0 Å². The standard InChI is InChI=1S/C70H139NO5/c1-3-5-7-9-11-13-15-17-19-21-23-25-27-29-30-31-32-33-34-35-36-37-38-39-40-42-44-46-48-50-52-54-56-58-60-62-64-68(74)70(76)71-66(65-72)69(75)67(73)63-61-59-57-55-53-51-49-47-45-43-41-28-26-24-22-20-18-16-14-12-10-8-6-4-2/h33-34,66-69,72-75H,3-32,35-65H2,1-2H3,(H,71,76)/b34-33-. The number of rotatable bonds is 66. The predicted octanol–water partition coefficient (Wildman–Crippen LogP) is 21.5. The van der Waals surface area contributed by atoms with Gasteiger partial charge in [-0.2, -0.15) is 0 Å². The van der Waals surface area contributed by atoms with Gasteiger partial charge in [-0.3, -0.25) is 4.79 Å². The van der Waals surface area contributed by atoms with Crippen molar-refractivity contribution >= 4 is 5.91 Å². The molecular weight excluding hydrogens is 935 g/mol. The van der Waals surface area contributed by atoms with Crippen molar-refractivity contribution in [3.63, 3.8) is 0 Å². The molecular formula is C70H139NO5.